The number of carboxylic acids is 1. The molecule has 5 nitrogen and oxygen atoms in total. The molecular formula is C14H13NO4. The van der Waals surface area contributed by atoms with E-state index in [0.29, 0.717) is 22.6 Å². The number of H-pyrrole nitrogens is 1. The van der Waals surface area contributed by atoms with E-state index in [4.69, 9.17) is 4.74 Å². The number of rotatable bonds is 3. The van der Waals surface area contributed by atoms with Crippen LogP contribution >= 0.6 is 0 Å². The molecule has 1 aromatic carbocycles. The second-order valence-electron chi connectivity index (χ2n) is 4.08. The molecule has 0 bridgehead atoms. The molecule has 2 rings (SSSR count). The highest BCUT2D eigenvalue weighted by Gasteiger charge is 2.19. The van der Waals surface area contributed by atoms with Crippen LogP contribution in [-0.4, -0.2) is 23.2 Å². The molecule has 2 aromatic rings. The summed E-state index contributed by atoms with van der Waals surface area (Å²) in [6.07, 6.45) is 0. The van der Waals surface area contributed by atoms with E-state index in [2.05, 4.69) is 4.98 Å². The van der Waals surface area contributed by atoms with Crippen LogP contribution in [0, 0.1) is 6.92 Å². The van der Waals surface area contributed by atoms with Crippen molar-refractivity contribution < 1.29 is 14.6 Å². The number of aromatic nitrogens is 1. The van der Waals surface area contributed by atoms with E-state index in [1.54, 1.807) is 37.3 Å². The summed E-state index contributed by atoms with van der Waals surface area (Å²) < 4.78 is 5.21. The first kappa shape index (κ1) is 12.9. The van der Waals surface area contributed by atoms with Crippen LogP contribution < -0.4 is 10.3 Å². The monoisotopic (exact) mass is 259 g/mol. The first-order valence-electron chi connectivity index (χ1n) is 5.65. The van der Waals surface area contributed by atoms with E-state index in [1.807, 2.05) is 0 Å². The Bertz CT molecular complexity index is 688. The number of hydrogen-bond acceptors (Lipinski definition) is 3. The molecule has 5 heteroatoms. The van der Waals surface area contributed by atoms with Crippen LogP contribution in [0.2, 0.25) is 0 Å². The Kier molecular flexibility index (Phi) is 3.37. The number of nitrogens with one attached hydrogen (secondary N) is 1. The zero-order valence-electron chi connectivity index (χ0n) is 10.6. The summed E-state index contributed by atoms with van der Waals surface area (Å²) in [6, 6.07) is 8.61. The van der Waals surface area contributed by atoms with Gasteiger partial charge in [-0.15, -0.1) is 0 Å². The van der Waals surface area contributed by atoms with Gasteiger partial charge in [0, 0.05) is 16.8 Å². The van der Waals surface area contributed by atoms with Crippen LogP contribution in [0.25, 0.3) is 11.1 Å². The van der Waals surface area contributed by atoms with Crippen LogP contribution in [0.4, 0.5) is 0 Å². The van der Waals surface area contributed by atoms with Crippen molar-refractivity contribution in [2.75, 3.05) is 7.11 Å². The van der Waals surface area contributed by atoms with Crippen molar-refractivity contribution in [2.45, 2.75) is 6.92 Å². The molecule has 1 heterocycles. The molecule has 0 aliphatic carbocycles. The van der Waals surface area contributed by atoms with Gasteiger partial charge in [-0.25, -0.2) is 4.79 Å². The molecule has 19 heavy (non-hydrogen) atoms. The lowest BCUT2D eigenvalue weighted by molar-refractivity contribution is 0.0696. The summed E-state index contributed by atoms with van der Waals surface area (Å²) in [5.41, 5.74) is 0.627. The number of carboxylic acid groups (broad SMARTS) is 1. The third-order valence-electron chi connectivity index (χ3n) is 2.78. The number of benzene rings is 1. The molecule has 2 N–H and O–H groups in total. The fourth-order valence-electron chi connectivity index (χ4n) is 1.98. The van der Waals surface area contributed by atoms with E-state index in [0.717, 1.165) is 0 Å². The maximum absolute atomic E-state index is 11.8. The zero-order chi connectivity index (χ0) is 14.0. The third kappa shape index (κ3) is 2.35. The second kappa shape index (κ2) is 4.97. The minimum Gasteiger partial charge on any atom is -0.496 e. The summed E-state index contributed by atoms with van der Waals surface area (Å²) in [5, 5.41) is 9.20. The maximum Gasteiger partial charge on any atom is 0.341 e. The smallest absolute Gasteiger partial charge is 0.341 e. The van der Waals surface area contributed by atoms with E-state index in [-0.39, 0.29) is 5.56 Å². The van der Waals surface area contributed by atoms with Gasteiger partial charge in [-0.1, -0.05) is 18.2 Å². The van der Waals surface area contributed by atoms with Crippen LogP contribution in [0.15, 0.2) is 35.1 Å². The number of hydrogen-bond donors (Lipinski definition) is 2. The second-order valence-corrected chi connectivity index (χ2v) is 4.08. The van der Waals surface area contributed by atoms with Gasteiger partial charge in [0.25, 0.3) is 5.56 Å². The average Bonchev–Trinajstić information content (AvgIpc) is 2.37. The first-order valence-corrected chi connectivity index (χ1v) is 5.65. The van der Waals surface area contributed by atoms with Crippen LogP contribution in [0.5, 0.6) is 5.75 Å². The number of aryl methyl sites for hydroxylation is 1. The molecule has 98 valence electrons. The fourth-order valence-corrected chi connectivity index (χ4v) is 1.98. The molecule has 0 atom stereocenters. The van der Waals surface area contributed by atoms with Gasteiger partial charge in [-0.2, -0.15) is 0 Å². The van der Waals surface area contributed by atoms with Gasteiger partial charge >= 0.3 is 5.97 Å². The number of aromatic carboxylic acids is 1. The Morgan fingerprint density at radius 3 is 2.58 bits per heavy atom. The number of ether oxygens (including phenoxy) is 1. The van der Waals surface area contributed by atoms with E-state index < -0.39 is 11.5 Å². The minimum absolute atomic E-state index is 0.282. The summed E-state index contributed by atoms with van der Waals surface area (Å²) in [4.78, 5) is 25.6. The predicted octanol–water partition coefficient (Wildman–Crippen LogP) is 2.06. The Morgan fingerprint density at radius 2 is 1.95 bits per heavy atom. The summed E-state index contributed by atoms with van der Waals surface area (Å²) >= 11 is 0. The van der Waals surface area contributed by atoms with E-state index in [1.165, 1.54) is 7.11 Å². The lowest BCUT2D eigenvalue weighted by atomic mass is 9.99. The lowest BCUT2D eigenvalue weighted by Crippen LogP contribution is -2.19. The largest absolute Gasteiger partial charge is 0.496 e. The quantitative estimate of drug-likeness (QED) is 0.884. The molecule has 0 unspecified atom stereocenters. The minimum atomic E-state index is -1.26. The molecule has 0 aliphatic heterocycles. The Hall–Kier alpha value is -2.56. The fraction of sp³-hybridized carbons (Fsp3) is 0.143. The predicted molar refractivity (Wildman–Crippen MR) is 70.7 cm³/mol. The summed E-state index contributed by atoms with van der Waals surface area (Å²) in [7, 11) is 1.50. The van der Waals surface area contributed by atoms with Crippen molar-refractivity contribution in [3.63, 3.8) is 0 Å². The standard InChI is InChI=1S/C14H13NO4/c1-8-7-10(12(14(17)18)13(16)15-8)9-5-3-4-6-11(9)19-2/h3-7H,1-2H3,(H,15,16)(H,17,18). The SMILES string of the molecule is COc1ccccc1-c1cc(C)[nH]c(=O)c1C(=O)O. The number of methoxy groups -OCH3 is 1. The van der Waals surface area contributed by atoms with Crippen molar-refractivity contribution in [3.8, 4) is 16.9 Å². The number of para-hydroxylation sites is 1. The Balaban J connectivity index is 2.81. The number of carbonyl (C=O) groups is 1. The van der Waals surface area contributed by atoms with Gasteiger partial charge in [-0.3, -0.25) is 4.79 Å². The van der Waals surface area contributed by atoms with Gasteiger partial charge in [0.15, 0.2) is 0 Å². The topological polar surface area (TPSA) is 79.4 Å². The lowest BCUT2D eigenvalue weighted by Gasteiger charge is -2.11. The van der Waals surface area contributed by atoms with Gasteiger partial charge in [0.2, 0.25) is 0 Å². The summed E-state index contributed by atoms with van der Waals surface area (Å²) in [6.45, 7) is 1.70. The van der Waals surface area contributed by atoms with E-state index in [9.17, 15) is 14.7 Å². The van der Waals surface area contributed by atoms with E-state index >= 15 is 0 Å². The Morgan fingerprint density at radius 1 is 1.26 bits per heavy atom. The number of pyridine rings is 1. The first-order chi connectivity index (χ1) is 9.04. The summed E-state index contributed by atoms with van der Waals surface area (Å²) in [5.74, 6) is -0.739. The van der Waals surface area contributed by atoms with Crippen LogP contribution in [0.1, 0.15) is 16.1 Å². The third-order valence-corrected chi connectivity index (χ3v) is 2.78. The molecule has 0 spiro atoms. The van der Waals surface area contributed by atoms with Crippen molar-refractivity contribution >= 4 is 5.97 Å². The molecule has 0 amide bonds. The highest BCUT2D eigenvalue weighted by molar-refractivity contribution is 5.96. The molecule has 0 aliphatic rings. The molecule has 0 radical (unpaired) electrons. The molecule has 1 aromatic heterocycles. The maximum atomic E-state index is 11.8. The van der Waals surface area contributed by atoms with Crippen molar-refractivity contribution in [2.24, 2.45) is 0 Å². The zero-order valence-corrected chi connectivity index (χ0v) is 10.6. The molecule has 0 saturated carbocycles. The normalized spacial score (nSPS) is 10.2. The van der Waals surface area contributed by atoms with Crippen molar-refractivity contribution in [1.82, 2.24) is 4.98 Å². The van der Waals surface area contributed by atoms with Gasteiger partial charge in [-0.05, 0) is 19.1 Å². The van der Waals surface area contributed by atoms with Gasteiger partial charge in [0.05, 0.1) is 7.11 Å². The molecule has 0 saturated heterocycles. The van der Waals surface area contributed by atoms with Gasteiger partial charge in [0.1, 0.15) is 11.3 Å². The van der Waals surface area contributed by atoms with Crippen LogP contribution in [0.3, 0.4) is 0 Å². The number of aromatic amines is 1. The van der Waals surface area contributed by atoms with Crippen LogP contribution in [-0.2, 0) is 0 Å². The molecule has 0 fully saturated rings. The Labute approximate surface area is 109 Å². The highest BCUT2D eigenvalue weighted by Crippen LogP contribution is 2.31. The van der Waals surface area contributed by atoms with Crippen molar-refractivity contribution in [3.05, 3.63) is 51.9 Å². The molecular weight excluding hydrogens is 246 g/mol. The highest BCUT2D eigenvalue weighted by atomic mass is 16.5. The average molecular weight is 259 g/mol. The van der Waals surface area contributed by atoms with Gasteiger partial charge < -0.3 is 14.8 Å². The van der Waals surface area contributed by atoms with Crippen molar-refractivity contribution in [1.29, 1.82) is 0 Å².